The van der Waals surface area contributed by atoms with Crippen molar-refractivity contribution in [3.05, 3.63) is 35.4 Å². The molecule has 1 aromatic rings. The molecule has 18 heavy (non-hydrogen) atoms. The predicted octanol–water partition coefficient (Wildman–Crippen LogP) is 2.79. The van der Waals surface area contributed by atoms with E-state index in [0.29, 0.717) is 19.6 Å². The summed E-state index contributed by atoms with van der Waals surface area (Å²) in [6, 6.07) is 5.15. The highest BCUT2D eigenvalue weighted by atomic mass is 35.5. The Balaban J connectivity index is 0.00000162. The molecule has 1 heterocycles. The van der Waals surface area contributed by atoms with E-state index in [0.717, 1.165) is 24.1 Å². The summed E-state index contributed by atoms with van der Waals surface area (Å²) in [5.41, 5.74) is 5.82. The Morgan fingerprint density at radius 2 is 1.83 bits per heavy atom. The normalized spacial score (nSPS) is 23.8. The van der Waals surface area contributed by atoms with Crippen LogP contribution in [-0.4, -0.2) is 18.8 Å². The molecule has 2 N–H and O–H groups in total. The molecule has 1 aliphatic heterocycles. The third-order valence-corrected chi connectivity index (χ3v) is 2.97. The molecule has 0 amide bonds. The standard InChI is InChI=1S/C12H14F3NO.ClH/c13-12(14,15)10-3-1-9(2-4-10)7-11(16)5-6-17-8-11;/h1-4H,5-8,16H2;1H. The van der Waals surface area contributed by atoms with Crippen molar-refractivity contribution in [3.8, 4) is 0 Å². The number of hydrogen-bond acceptors (Lipinski definition) is 2. The molecule has 1 atom stereocenters. The van der Waals surface area contributed by atoms with Gasteiger partial charge in [0.05, 0.1) is 12.2 Å². The number of hydrogen-bond donors (Lipinski definition) is 1. The summed E-state index contributed by atoms with van der Waals surface area (Å²) in [7, 11) is 0. The van der Waals surface area contributed by atoms with Gasteiger partial charge in [-0.15, -0.1) is 12.4 Å². The average Bonchev–Trinajstić information content (AvgIpc) is 2.64. The zero-order chi connectivity index (χ0) is 12.5. The molecule has 0 saturated carbocycles. The van der Waals surface area contributed by atoms with E-state index in [1.807, 2.05) is 0 Å². The smallest absolute Gasteiger partial charge is 0.379 e. The van der Waals surface area contributed by atoms with E-state index in [1.165, 1.54) is 12.1 Å². The lowest BCUT2D eigenvalue weighted by Gasteiger charge is -2.21. The molecule has 2 rings (SSSR count). The van der Waals surface area contributed by atoms with Gasteiger partial charge in [-0.1, -0.05) is 12.1 Å². The van der Waals surface area contributed by atoms with Crippen molar-refractivity contribution in [2.24, 2.45) is 5.73 Å². The van der Waals surface area contributed by atoms with Crippen molar-refractivity contribution >= 4 is 12.4 Å². The van der Waals surface area contributed by atoms with Crippen molar-refractivity contribution in [2.75, 3.05) is 13.2 Å². The maximum atomic E-state index is 12.4. The van der Waals surface area contributed by atoms with Gasteiger partial charge in [0.25, 0.3) is 0 Å². The van der Waals surface area contributed by atoms with Crippen LogP contribution in [0.1, 0.15) is 17.5 Å². The number of halogens is 4. The van der Waals surface area contributed by atoms with Crippen molar-refractivity contribution in [1.82, 2.24) is 0 Å². The summed E-state index contributed by atoms with van der Waals surface area (Å²) in [4.78, 5) is 0. The lowest BCUT2D eigenvalue weighted by atomic mass is 9.91. The molecule has 0 aromatic heterocycles. The first-order valence-corrected chi connectivity index (χ1v) is 5.42. The highest BCUT2D eigenvalue weighted by molar-refractivity contribution is 5.85. The van der Waals surface area contributed by atoms with Crippen LogP contribution in [0.5, 0.6) is 0 Å². The fourth-order valence-corrected chi connectivity index (χ4v) is 1.98. The minimum atomic E-state index is -4.28. The van der Waals surface area contributed by atoms with Gasteiger partial charge in [0.15, 0.2) is 0 Å². The van der Waals surface area contributed by atoms with Crippen LogP contribution in [0.4, 0.5) is 13.2 Å². The number of nitrogens with two attached hydrogens (primary N) is 1. The van der Waals surface area contributed by atoms with Gasteiger partial charge in [-0.05, 0) is 30.5 Å². The summed E-state index contributed by atoms with van der Waals surface area (Å²) in [5, 5.41) is 0. The molecule has 102 valence electrons. The van der Waals surface area contributed by atoms with Gasteiger partial charge >= 0.3 is 6.18 Å². The minimum Gasteiger partial charge on any atom is -0.379 e. The quantitative estimate of drug-likeness (QED) is 0.905. The maximum Gasteiger partial charge on any atom is 0.416 e. The van der Waals surface area contributed by atoms with E-state index in [1.54, 1.807) is 0 Å². The van der Waals surface area contributed by atoms with Crippen molar-refractivity contribution in [1.29, 1.82) is 0 Å². The first kappa shape index (κ1) is 15.3. The summed E-state index contributed by atoms with van der Waals surface area (Å²) in [6.07, 6.45) is -2.99. The van der Waals surface area contributed by atoms with E-state index in [-0.39, 0.29) is 12.4 Å². The fraction of sp³-hybridized carbons (Fsp3) is 0.500. The van der Waals surface area contributed by atoms with Crippen molar-refractivity contribution < 1.29 is 17.9 Å². The Morgan fingerprint density at radius 3 is 2.28 bits per heavy atom. The van der Waals surface area contributed by atoms with Crippen LogP contribution in [0.25, 0.3) is 0 Å². The number of benzene rings is 1. The van der Waals surface area contributed by atoms with Gasteiger partial charge in [0.2, 0.25) is 0 Å². The predicted molar refractivity (Wildman–Crippen MR) is 64.8 cm³/mol. The van der Waals surface area contributed by atoms with Gasteiger partial charge in [-0.2, -0.15) is 13.2 Å². The Hall–Kier alpha value is -0.780. The van der Waals surface area contributed by atoms with Crippen LogP contribution in [-0.2, 0) is 17.3 Å². The molecular formula is C12H15ClF3NO. The van der Waals surface area contributed by atoms with Crippen molar-refractivity contribution in [2.45, 2.75) is 24.6 Å². The Morgan fingerprint density at radius 1 is 1.22 bits per heavy atom. The van der Waals surface area contributed by atoms with E-state index in [9.17, 15) is 13.2 Å². The molecule has 0 spiro atoms. The minimum absolute atomic E-state index is 0. The number of rotatable bonds is 2. The van der Waals surface area contributed by atoms with Crippen LogP contribution in [0.15, 0.2) is 24.3 Å². The summed E-state index contributed by atoms with van der Waals surface area (Å²) in [6.45, 7) is 1.09. The average molecular weight is 282 g/mol. The second-order valence-corrected chi connectivity index (χ2v) is 4.54. The SMILES string of the molecule is Cl.NC1(Cc2ccc(C(F)(F)F)cc2)CCOC1. The van der Waals surface area contributed by atoms with E-state index < -0.39 is 17.3 Å². The molecular weight excluding hydrogens is 267 g/mol. The van der Waals surface area contributed by atoms with Gasteiger partial charge in [-0.3, -0.25) is 0 Å². The number of ether oxygens (including phenoxy) is 1. The molecule has 0 bridgehead atoms. The van der Waals surface area contributed by atoms with Crippen LogP contribution in [0.3, 0.4) is 0 Å². The second-order valence-electron chi connectivity index (χ2n) is 4.54. The molecule has 1 aromatic carbocycles. The van der Waals surface area contributed by atoms with Crippen LogP contribution < -0.4 is 5.73 Å². The molecule has 2 nitrogen and oxygen atoms in total. The third-order valence-electron chi connectivity index (χ3n) is 2.97. The van der Waals surface area contributed by atoms with Crippen LogP contribution >= 0.6 is 12.4 Å². The monoisotopic (exact) mass is 281 g/mol. The Kier molecular flexibility index (Phi) is 4.64. The molecule has 1 unspecified atom stereocenters. The highest BCUT2D eigenvalue weighted by Gasteiger charge is 2.32. The van der Waals surface area contributed by atoms with E-state index >= 15 is 0 Å². The van der Waals surface area contributed by atoms with Crippen molar-refractivity contribution in [3.63, 3.8) is 0 Å². The van der Waals surface area contributed by atoms with Crippen LogP contribution in [0, 0.1) is 0 Å². The molecule has 6 heteroatoms. The Labute approximate surface area is 110 Å². The van der Waals surface area contributed by atoms with Gasteiger partial charge < -0.3 is 10.5 Å². The summed E-state index contributed by atoms with van der Waals surface area (Å²) < 4.78 is 42.3. The zero-order valence-electron chi connectivity index (χ0n) is 9.67. The maximum absolute atomic E-state index is 12.4. The lowest BCUT2D eigenvalue weighted by Crippen LogP contribution is -2.42. The summed E-state index contributed by atoms with van der Waals surface area (Å²) >= 11 is 0. The summed E-state index contributed by atoms with van der Waals surface area (Å²) in [5.74, 6) is 0. The molecule has 0 aliphatic carbocycles. The first-order chi connectivity index (χ1) is 7.89. The Bertz CT molecular complexity index is 385. The van der Waals surface area contributed by atoms with E-state index in [4.69, 9.17) is 10.5 Å². The molecule has 1 fully saturated rings. The second kappa shape index (κ2) is 5.47. The highest BCUT2D eigenvalue weighted by Crippen LogP contribution is 2.30. The van der Waals surface area contributed by atoms with Gasteiger partial charge in [0.1, 0.15) is 0 Å². The van der Waals surface area contributed by atoms with Gasteiger partial charge in [-0.25, -0.2) is 0 Å². The third kappa shape index (κ3) is 3.60. The topological polar surface area (TPSA) is 35.2 Å². The van der Waals surface area contributed by atoms with Gasteiger partial charge in [0, 0.05) is 12.1 Å². The molecule has 0 radical (unpaired) electrons. The zero-order valence-corrected chi connectivity index (χ0v) is 10.5. The van der Waals surface area contributed by atoms with E-state index in [2.05, 4.69) is 0 Å². The fourth-order valence-electron chi connectivity index (χ4n) is 1.98. The lowest BCUT2D eigenvalue weighted by molar-refractivity contribution is -0.137. The van der Waals surface area contributed by atoms with Crippen LogP contribution in [0.2, 0.25) is 0 Å². The largest absolute Gasteiger partial charge is 0.416 e. The molecule has 1 saturated heterocycles. The number of alkyl halides is 3. The first-order valence-electron chi connectivity index (χ1n) is 5.42. The molecule has 1 aliphatic rings.